The standard InChI is InChI=1S/C34H48N4O/c1-32(2,3)27-12-10-11-25(30(27)33(4,5)6)22-39-29-19-26(21-37-31(29)35)28-14-13-24(20-36-28)23-15-17-38(18-16-23)34(7,8)9/h10-14,19-21,23H,15-18,22H2,1-9H3,(H2,35,37). The molecular formula is C34H48N4O. The van der Waals surface area contributed by atoms with Crippen LogP contribution in [0.4, 0.5) is 5.82 Å². The van der Waals surface area contributed by atoms with Crippen molar-refractivity contribution in [1.82, 2.24) is 14.9 Å². The number of anilines is 1. The van der Waals surface area contributed by atoms with Crippen LogP contribution in [0.3, 0.4) is 0 Å². The Labute approximate surface area is 236 Å². The third kappa shape index (κ3) is 6.81. The van der Waals surface area contributed by atoms with Crippen molar-refractivity contribution >= 4 is 5.82 Å². The minimum absolute atomic E-state index is 0.0107. The fraction of sp³-hybridized carbons (Fsp3) is 0.529. The average Bonchev–Trinajstić information content (AvgIpc) is 2.86. The molecule has 2 N–H and O–H groups in total. The summed E-state index contributed by atoms with van der Waals surface area (Å²) < 4.78 is 6.32. The number of hydrogen-bond donors (Lipinski definition) is 1. The van der Waals surface area contributed by atoms with Gasteiger partial charge >= 0.3 is 0 Å². The van der Waals surface area contributed by atoms with Crippen molar-refractivity contribution in [3.63, 3.8) is 0 Å². The van der Waals surface area contributed by atoms with Gasteiger partial charge in [0, 0.05) is 23.5 Å². The Hall–Kier alpha value is -2.92. The second kappa shape index (κ2) is 10.9. The van der Waals surface area contributed by atoms with Crippen LogP contribution >= 0.6 is 0 Å². The van der Waals surface area contributed by atoms with Crippen LogP contribution in [0.25, 0.3) is 11.3 Å². The van der Waals surface area contributed by atoms with Crippen LogP contribution in [0.15, 0.2) is 48.8 Å². The highest BCUT2D eigenvalue weighted by Crippen LogP contribution is 2.37. The third-order valence-corrected chi connectivity index (χ3v) is 7.97. The molecule has 3 aromatic rings. The van der Waals surface area contributed by atoms with Gasteiger partial charge in [-0.1, -0.05) is 65.8 Å². The molecule has 0 bridgehead atoms. The summed E-state index contributed by atoms with van der Waals surface area (Å²) in [4.78, 5) is 11.8. The van der Waals surface area contributed by atoms with E-state index in [0.29, 0.717) is 24.1 Å². The molecule has 0 amide bonds. The second-order valence-electron chi connectivity index (χ2n) is 14.1. The summed E-state index contributed by atoms with van der Waals surface area (Å²) in [5.41, 5.74) is 13.5. The van der Waals surface area contributed by atoms with Gasteiger partial charge in [0.15, 0.2) is 11.6 Å². The number of hydrogen-bond acceptors (Lipinski definition) is 5. The maximum atomic E-state index is 6.32. The van der Waals surface area contributed by atoms with Gasteiger partial charge in [-0.2, -0.15) is 0 Å². The number of nitrogens with two attached hydrogens (primary N) is 1. The monoisotopic (exact) mass is 528 g/mol. The summed E-state index contributed by atoms with van der Waals surface area (Å²) in [6.07, 6.45) is 6.17. The molecule has 5 heteroatoms. The molecule has 0 atom stereocenters. The summed E-state index contributed by atoms with van der Waals surface area (Å²) in [5, 5.41) is 0. The number of pyridine rings is 2. The summed E-state index contributed by atoms with van der Waals surface area (Å²) in [5.74, 6) is 1.55. The first kappa shape index (κ1) is 29.1. The number of nitrogen functional groups attached to an aromatic ring is 1. The first-order valence-corrected chi connectivity index (χ1v) is 14.4. The number of likely N-dealkylation sites (tertiary alicyclic amines) is 1. The fourth-order valence-electron chi connectivity index (χ4n) is 5.80. The first-order valence-electron chi connectivity index (χ1n) is 14.4. The molecule has 1 saturated heterocycles. The van der Waals surface area contributed by atoms with Gasteiger partial charge in [0.25, 0.3) is 0 Å². The van der Waals surface area contributed by atoms with Gasteiger partial charge in [0.1, 0.15) is 6.61 Å². The van der Waals surface area contributed by atoms with Crippen molar-refractivity contribution in [1.29, 1.82) is 0 Å². The van der Waals surface area contributed by atoms with Crippen LogP contribution in [0.1, 0.15) is 103 Å². The normalized spacial score (nSPS) is 15.9. The van der Waals surface area contributed by atoms with E-state index in [2.05, 4.69) is 103 Å². The number of aromatic nitrogens is 2. The molecule has 0 spiro atoms. The van der Waals surface area contributed by atoms with Gasteiger partial charge in [-0.05, 0) is 97.8 Å². The number of ether oxygens (including phenoxy) is 1. The topological polar surface area (TPSA) is 64.3 Å². The molecule has 1 aliphatic rings. The van der Waals surface area contributed by atoms with Crippen LogP contribution in [-0.4, -0.2) is 33.5 Å². The van der Waals surface area contributed by atoms with Gasteiger partial charge in [-0.15, -0.1) is 0 Å². The summed E-state index contributed by atoms with van der Waals surface area (Å²) in [6.45, 7) is 23.2. The Kier molecular flexibility index (Phi) is 8.14. The van der Waals surface area contributed by atoms with E-state index in [0.717, 1.165) is 24.3 Å². The maximum absolute atomic E-state index is 6.32. The van der Waals surface area contributed by atoms with E-state index in [1.165, 1.54) is 35.1 Å². The lowest BCUT2D eigenvalue weighted by Gasteiger charge is -2.41. The smallest absolute Gasteiger partial charge is 0.166 e. The summed E-state index contributed by atoms with van der Waals surface area (Å²) in [7, 11) is 0. The van der Waals surface area contributed by atoms with E-state index >= 15 is 0 Å². The number of benzene rings is 1. The minimum atomic E-state index is -0.0107. The van der Waals surface area contributed by atoms with Crippen molar-refractivity contribution in [2.45, 2.75) is 104 Å². The predicted octanol–water partition coefficient (Wildman–Crippen LogP) is 7.88. The molecule has 0 aliphatic carbocycles. The van der Waals surface area contributed by atoms with E-state index < -0.39 is 0 Å². The SMILES string of the molecule is CC(C)(C)c1cccc(COc2cc(-c3ccc(C4CCN(C(C)(C)C)CC4)cn3)cnc2N)c1C(C)(C)C. The van der Waals surface area contributed by atoms with Crippen LogP contribution < -0.4 is 10.5 Å². The van der Waals surface area contributed by atoms with E-state index in [4.69, 9.17) is 15.5 Å². The predicted molar refractivity (Wildman–Crippen MR) is 163 cm³/mol. The molecule has 0 unspecified atom stereocenters. The highest BCUT2D eigenvalue weighted by molar-refractivity contribution is 5.64. The molecule has 210 valence electrons. The van der Waals surface area contributed by atoms with Crippen LogP contribution in [-0.2, 0) is 17.4 Å². The van der Waals surface area contributed by atoms with Crippen molar-refractivity contribution in [3.8, 4) is 17.0 Å². The zero-order valence-electron chi connectivity index (χ0n) is 25.6. The average molecular weight is 529 g/mol. The molecule has 0 saturated carbocycles. The molecule has 3 heterocycles. The zero-order valence-corrected chi connectivity index (χ0v) is 25.6. The lowest BCUT2D eigenvalue weighted by Crippen LogP contribution is -2.45. The van der Waals surface area contributed by atoms with Gasteiger partial charge in [-0.3, -0.25) is 9.88 Å². The highest BCUT2D eigenvalue weighted by atomic mass is 16.5. The third-order valence-electron chi connectivity index (χ3n) is 7.97. The van der Waals surface area contributed by atoms with E-state index in [-0.39, 0.29) is 16.4 Å². The second-order valence-corrected chi connectivity index (χ2v) is 14.1. The van der Waals surface area contributed by atoms with Gasteiger partial charge in [0.2, 0.25) is 0 Å². The molecule has 1 aliphatic heterocycles. The summed E-state index contributed by atoms with van der Waals surface area (Å²) in [6, 6.07) is 12.8. The molecule has 5 nitrogen and oxygen atoms in total. The quantitative estimate of drug-likeness (QED) is 0.365. The molecule has 4 rings (SSSR count). The minimum Gasteiger partial charge on any atom is -0.485 e. The molecule has 39 heavy (non-hydrogen) atoms. The Morgan fingerprint density at radius 2 is 1.56 bits per heavy atom. The Balaban J connectivity index is 1.51. The zero-order chi connectivity index (χ0) is 28.6. The van der Waals surface area contributed by atoms with E-state index in [1.807, 2.05) is 12.3 Å². The lowest BCUT2D eigenvalue weighted by atomic mass is 9.73. The molecule has 2 aromatic heterocycles. The fourth-order valence-corrected chi connectivity index (χ4v) is 5.80. The molecule has 0 radical (unpaired) electrons. The lowest BCUT2D eigenvalue weighted by molar-refractivity contribution is 0.102. The van der Waals surface area contributed by atoms with Gasteiger partial charge in [-0.25, -0.2) is 4.98 Å². The van der Waals surface area contributed by atoms with Gasteiger partial charge in [0.05, 0.1) is 5.69 Å². The number of rotatable bonds is 5. The first-order chi connectivity index (χ1) is 18.1. The van der Waals surface area contributed by atoms with Crippen LogP contribution in [0.2, 0.25) is 0 Å². The number of nitrogens with zero attached hydrogens (tertiary/aromatic N) is 3. The number of piperidine rings is 1. The Morgan fingerprint density at radius 3 is 2.13 bits per heavy atom. The van der Waals surface area contributed by atoms with Crippen molar-refractivity contribution in [2.24, 2.45) is 0 Å². The Bertz CT molecular complexity index is 1270. The summed E-state index contributed by atoms with van der Waals surface area (Å²) >= 11 is 0. The molecule has 1 aromatic carbocycles. The van der Waals surface area contributed by atoms with Crippen molar-refractivity contribution < 1.29 is 4.74 Å². The van der Waals surface area contributed by atoms with Crippen molar-refractivity contribution in [2.75, 3.05) is 18.8 Å². The molecular weight excluding hydrogens is 480 g/mol. The largest absolute Gasteiger partial charge is 0.485 e. The Morgan fingerprint density at radius 1 is 0.872 bits per heavy atom. The van der Waals surface area contributed by atoms with E-state index in [1.54, 1.807) is 6.20 Å². The van der Waals surface area contributed by atoms with Crippen LogP contribution in [0.5, 0.6) is 5.75 Å². The van der Waals surface area contributed by atoms with Crippen molar-refractivity contribution in [3.05, 3.63) is 71.0 Å². The van der Waals surface area contributed by atoms with Gasteiger partial charge < -0.3 is 10.5 Å². The van der Waals surface area contributed by atoms with Crippen LogP contribution in [0, 0.1) is 0 Å². The maximum Gasteiger partial charge on any atom is 0.166 e. The van der Waals surface area contributed by atoms with E-state index in [9.17, 15) is 0 Å². The highest BCUT2D eigenvalue weighted by Gasteiger charge is 2.29. The molecule has 1 fully saturated rings.